The maximum absolute atomic E-state index is 13.9. The Morgan fingerprint density at radius 3 is 2.23 bits per heavy atom. The molecule has 0 atom stereocenters. The summed E-state index contributed by atoms with van der Waals surface area (Å²) in [4.78, 5) is 7.04. The van der Waals surface area contributed by atoms with Gasteiger partial charge in [-0.25, -0.2) is 9.37 Å². The fourth-order valence-electron chi connectivity index (χ4n) is 2.15. The lowest BCUT2D eigenvalue weighted by molar-refractivity contribution is -0.141. The van der Waals surface area contributed by atoms with Crippen molar-refractivity contribution in [2.24, 2.45) is 0 Å². The van der Waals surface area contributed by atoms with E-state index in [1.165, 1.54) is 0 Å². The summed E-state index contributed by atoms with van der Waals surface area (Å²) in [5.41, 5.74) is -3.73. The molecule has 1 heterocycles. The second-order valence-electron chi connectivity index (χ2n) is 5.66. The van der Waals surface area contributed by atoms with Crippen LogP contribution >= 0.6 is 0 Å². The highest BCUT2D eigenvalue weighted by atomic mass is 19.4. The minimum Gasteiger partial charge on any atom is -0.351 e. The molecular formula is C15H11F7N4. The minimum atomic E-state index is -4.90. The molecule has 0 aliphatic heterocycles. The minimum absolute atomic E-state index is 0.0921. The van der Waals surface area contributed by atoms with E-state index in [2.05, 4.69) is 15.3 Å². The average Bonchev–Trinajstić information content (AvgIpc) is 3.31. The number of benzene rings is 1. The number of halogens is 7. The van der Waals surface area contributed by atoms with E-state index in [9.17, 15) is 30.7 Å². The Morgan fingerprint density at radius 2 is 1.65 bits per heavy atom. The van der Waals surface area contributed by atoms with Crippen molar-refractivity contribution in [3.63, 3.8) is 0 Å². The van der Waals surface area contributed by atoms with Gasteiger partial charge < -0.3 is 10.6 Å². The number of hydrogen-bond acceptors (Lipinski definition) is 4. The fraction of sp³-hybridized carbons (Fsp3) is 0.333. The zero-order chi connectivity index (χ0) is 19.1. The molecule has 4 nitrogen and oxygen atoms in total. The van der Waals surface area contributed by atoms with Crippen LogP contribution in [0.25, 0.3) is 0 Å². The van der Waals surface area contributed by atoms with Gasteiger partial charge in [-0.15, -0.1) is 0 Å². The Labute approximate surface area is 142 Å². The molecule has 11 heteroatoms. The van der Waals surface area contributed by atoms with Gasteiger partial charge in [0.25, 0.3) is 0 Å². The molecule has 1 saturated carbocycles. The lowest BCUT2D eigenvalue weighted by Gasteiger charge is -2.16. The van der Waals surface area contributed by atoms with Crippen molar-refractivity contribution in [2.45, 2.75) is 31.2 Å². The summed E-state index contributed by atoms with van der Waals surface area (Å²) in [5.74, 6) is -2.27. The summed E-state index contributed by atoms with van der Waals surface area (Å²) in [7, 11) is 0. The topological polar surface area (TPSA) is 49.8 Å². The van der Waals surface area contributed by atoms with Crippen LogP contribution in [0.2, 0.25) is 0 Å². The maximum atomic E-state index is 13.9. The van der Waals surface area contributed by atoms with Crippen LogP contribution in [0.3, 0.4) is 0 Å². The van der Waals surface area contributed by atoms with E-state index >= 15 is 0 Å². The van der Waals surface area contributed by atoms with Crippen molar-refractivity contribution in [1.82, 2.24) is 9.97 Å². The first kappa shape index (κ1) is 18.2. The number of hydrogen-bond donors (Lipinski definition) is 2. The van der Waals surface area contributed by atoms with E-state index in [1.54, 1.807) is 0 Å². The molecule has 0 saturated heterocycles. The summed E-state index contributed by atoms with van der Waals surface area (Å²) in [6.45, 7) is 0. The summed E-state index contributed by atoms with van der Waals surface area (Å²) >= 11 is 0. The molecule has 0 spiro atoms. The van der Waals surface area contributed by atoms with Gasteiger partial charge in [-0.1, -0.05) is 6.07 Å². The second-order valence-corrected chi connectivity index (χ2v) is 5.66. The summed E-state index contributed by atoms with van der Waals surface area (Å²) < 4.78 is 91.9. The third-order valence-electron chi connectivity index (χ3n) is 3.50. The molecule has 0 radical (unpaired) electrons. The quantitative estimate of drug-likeness (QED) is 0.736. The highest BCUT2D eigenvalue weighted by Gasteiger charge is 2.36. The van der Waals surface area contributed by atoms with E-state index in [0.717, 1.165) is 12.1 Å². The Hall–Kier alpha value is -2.59. The number of para-hydroxylation sites is 1. The monoisotopic (exact) mass is 380 g/mol. The van der Waals surface area contributed by atoms with Crippen molar-refractivity contribution in [3.8, 4) is 0 Å². The van der Waals surface area contributed by atoms with Crippen LogP contribution in [-0.2, 0) is 12.4 Å². The van der Waals surface area contributed by atoms with E-state index in [4.69, 9.17) is 0 Å². The molecule has 1 aromatic heterocycles. The number of alkyl halides is 6. The zero-order valence-corrected chi connectivity index (χ0v) is 12.8. The van der Waals surface area contributed by atoms with E-state index in [0.29, 0.717) is 25.0 Å². The molecule has 0 unspecified atom stereocenters. The van der Waals surface area contributed by atoms with E-state index in [-0.39, 0.29) is 6.04 Å². The summed E-state index contributed by atoms with van der Waals surface area (Å²) in [6, 6.07) is 2.55. The van der Waals surface area contributed by atoms with E-state index in [1.807, 2.05) is 5.32 Å². The molecule has 26 heavy (non-hydrogen) atoms. The number of aromatic nitrogens is 2. The second kappa shape index (κ2) is 6.29. The molecule has 0 bridgehead atoms. The Kier molecular flexibility index (Phi) is 4.41. The van der Waals surface area contributed by atoms with Gasteiger partial charge in [-0.2, -0.15) is 31.3 Å². The van der Waals surface area contributed by atoms with Crippen LogP contribution in [0.1, 0.15) is 24.1 Å². The van der Waals surface area contributed by atoms with Gasteiger partial charge in [-0.3, -0.25) is 0 Å². The number of nitrogens with zero attached hydrogens (tertiary/aromatic N) is 2. The molecule has 1 aliphatic rings. The number of anilines is 3. The van der Waals surface area contributed by atoms with Crippen molar-refractivity contribution in [3.05, 3.63) is 41.3 Å². The smallest absolute Gasteiger partial charge is 0.351 e. The molecule has 3 rings (SSSR count). The predicted molar refractivity (Wildman–Crippen MR) is 78.4 cm³/mol. The molecule has 1 aliphatic carbocycles. The van der Waals surface area contributed by atoms with Gasteiger partial charge in [0.15, 0.2) is 5.69 Å². The van der Waals surface area contributed by atoms with Crippen molar-refractivity contribution < 1.29 is 30.7 Å². The Bertz CT molecular complexity index is 813. The van der Waals surface area contributed by atoms with Gasteiger partial charge in [0.2, 0.25) is 5.95 Å². The van der Waals surface area contributed by atoms with E-state index < -0.39 is 46.9 Å². The lowest BCUT2D eigenvalue weighted by Crippen LogP contribution is -2.15. The average molecular weight is 380 g/mol. The largest absolute Gasteiger partial charge is 0.433 e. The van der Waals surface area contributed by atoms with Crippen LogP contribution in [0.15, 0.2) is 24.3 Å². The number of nitrogens with one attached hydrogen (secondary N) is 2. The van der Waals surface area contributed by atoms with Gasteiger partial charge in [-0.05, 0) is 25.0 Å². The third kappa shape index (κ3) is 4.14. The van der Waals surface area contributed by atoms with Crippen LogP contribution in [0, 0.1) is 5.82 Å². The van der Waals surface area contributed by atoms with Crippen LogP contribution in [0.4, 0.5) is 48.2 Å². The molecule has 2 aromatic rings. The first-order chi connectivity index (χ1) is 12.0. The zero-order valence-electron chi connectivity index (χ0n) is 12.8. The molecule has 140 valence electrons. The van der Waals surface area contributed by atoms with Crippen LogP contribution in [0.5, 0.6) is 0 Å². The first-order valence-corrected chi connectivity index (χ1v) is 7.39. The van der Waals surface area contributed by atoms with Crippen molar-refractivity contribution >= 4 is 17.5 Å². The Morgan fingerprint density at radius 1 is 0.962 bits per heavy atom. The van der Waals surface area contributed by atoms with Gasteiger partial charge in [0, 0.05) is 12.1 Å². The predicted octanol–water partition coefficient (Wildman–Crippen LogP) is 4.97. The lowest BCUT2D eigenvalue weighted by atomic mass is 10.1. The van der Waals surface area contributed by atoms with Crippen LogP contribution < -0.4 is 10.6 Å². The van der Waals surface area contributed by atoms with Crippen molar-refractivity contribution in [1.29, 1.82) is 0 Å². The molecular weight excluding hydrogens is 369 g/mol. The third-order valence-corrected chi connectivity index (χ3v) is 3.50. The summed E-state index contributed by atoms with van der Waals surface area (Å²) in [6.07, 6.45) is -8.32. The Balaban J connectivity index is 2.02. The fourth-order valence-corrected chi connectivity index (χ4v) is 2.15. The normalized spacial score (nSPS) is 15.0. The first-order valence-electron chi connectivity index (χ1n) is 7.39. The number of rotatable bonds is 4. The molecule has 1 fully saturated rings. The van der Waals surface area contributed by atoms with Gasteiger partial charge >= 0.3 is 12.4 Å². The molecule has 0 amide bonds. The van der Waals surface area contributed by atoms with Crippen LogP contribution in [-0.4, -0.2) is 16.0 Å². The van der Waals surface area contributed by atoms with Gasteiger partial charge in [0.1, 0.15) is 11.6 Å². The summed E-state index contributed by atoms with van der Waals surface area (Å²) in [5, 5.41) is 4.64. The maximum Gasteiger partial charge on any atom is 0.433 e. The van der Waals surface area contributed by atoms with Crippen molar-refractivity contribution in [2.75, 3.05) is 10.6 Å². The standard InChI is InChI=1S/C15H11F7N4/c16-9-3-1-2-8(14(17,18)19)12(9)25-11-6-10(15(20,21)22)24-13(26-11)23-7-4-5-7/h1-3,6-7H,4-5H2,(H2,23,24,25,26). The molecule has 2 N–H and O–H groups in total. The molecule has 1 aromatic carbocycles. The van der Waals surface area contributed by atoms with Gasteiger partial charge in [0.05, 0.1) is 11.3 Å². The SMILES string of the molecule is Fc1cccc(C(F)(F)F)c1Nc1cc(C(F)(F)F)nc(NC2CC2)n1. The highest BCUT2D eigenvalue weighted by molar-refractivity contribution is 5.63. The highest BCUT2D eigenvalue weighted by Crippen LogP contribution is 2.38.